The molecule has 7 heteroatoms. The molecule has 0 aromatic carbocycles. The van der Waals surface area contributed by atoms with E-state index < -0.39 is 0 Å². The van der Waals surface area contributed by atoms with E-state index in [9.17, 15) is 9.59 Å². The molecule has 1 amide bonds. The number of carbonyl (C=O) groups excluding carboxylic acids is 2. The Balaban J connectivity index is 0.000000177. The van der Waals surface area contributed by atoms with Crippen molar-refractivity contribution in [2.45, 2.75) is 24.8 Å². The molecule has 0 radical (unpaired) electrons. The van der Waals surface area contributed by atoms with Crippen LogP contribution >= 0.6 is 34.9 Å². The highest BCUT2D eigenvalue weighted by Gasteiger charge is 2.25. The quantitative estimate of drug-likeness (QED) is 0.448. The van der Waals surface area contributed by atoms with Crippen molar-refractivity contribution in [3.8, 4) is 0 Å². The average molecular weight is 379 g/mol. The summed E-state index contributed by atoms with van der Waals surface area (Å²) in [6.07, 6.45) is 6.07. The Hall–Kier alpha value is -1.57. The highest BCUT2D eigenvalue weighted by atomic mass is 32.2. The fourth-order valence-corrected chi connectivity index (χ4v) is 3.85. The zero-order chi connectivity index (χ0) is 17.2. The molecule has 0 unspecified atom stereocenters. The molecule has 1 fully saturated rings. The summed E-state index contributed by atoms with van der Waals surface area (Å²) in [6, 6.07) is 9.82. The number of pyridine rings is 1. The molecule has 0 bridgehead atoms. The second-order valence-corrected chi connectivity index (χ2v) is 7.79. The summed E-state index contributed by atoms with van der Waals surface area (Å²) in [6.45, 7) is 2.21. The van der Waals surface area contributed by atoms with Crippen LogP contribution in [0.2, 0.25) is 0 Å². The molecular weight excluding hydrogens is 360 g/mol. The molecular formula is C17H18N2O2S3. The van der Waals surface area contributed by atoms with Gasteiger partial charge in [-0.05, 0) is 41.8 Å². The molecule has 3 rings (SSSR count). The van der Waals surface area contributed by atoms with Gasteiger partial charge in [-0.1, -0.05) is 25.5 Å². The van der Waals surface area contributed by atoms with Crippen LogP contribution in [0.1, 0.15) is 24.6 Å². The maximum atomic E-state index is 11.1. The second-order valence-electron chi connectivity index (χ2n) is 4.75. The molecule has 1 aliphatic heterocycles. The molecule has 0 aliphatic carbocycles. The number of carbonyl (C=O) groups is 2. The molecule has 0 saturated carbocycles. The summed E-state index contributed by atoms with van der Waals surface area (Å²) >= 11 is 4.06. The lowest BCUT2D eigenvalue weighted by molar-refractivity contribution is -0.107. The van der Waals surface area contributed by atoms with Gasteiger partial charge in [0.15, 0.2) is 0 Å². The van der Waals surface area contributed by atoms with E-state index in [1.54, 1.807) is 6.08 Å². The van der Waals surface area contributed by atoms with E-state index in [0.29, 0.717) is 17.5 Å². The molecule has 0 atom stereocenters. The third-order valence-corrected chi connectivity index (χ3v) is 5.40. The lowest BCUT2D eigenvalue weighted by Crippen LogP contribution is -2.09. The van der Waals surface area contributed by atoms with Crippen molar-refractivity contribution >= 4 is 51.3 Å². The number of hydrogen-bond donors (Lipinski definition) is 1. The van der Waals surface area contributed by atoms with Crippen LogP contribution in [0.5, 0.6) is 0 Å². The van der Waals surface area contributed by atoms with Gasteiger partial charge in [0.1, 0.15) is 0 Å². The van der Waals surface area contributed by atoms with Gasteiger partial charge in [0.2, 0.25) is 5.12 Å². The highest BCUT2D eigenvalue weighted by molar-refractivity contribution is 8.27. The summed E-state index contributed by atoms with van der Waals surface area (Å²) in [4.78, 5) is 27.1. The number of amides is 1. The minimum absolute atomic E-state index is 0.210. The molecule has 2 aromatic rings. The number of hydrogen-bond acceptors (Lipinski definition) is 6. The molecule has 0 spiro atoms. The molecule has 1 aliphatic rings. The van der Waals surface area contributed by atoms with Gasteiger partial charge < -0.3 is 5.32 Å². The van der Waals surface area contributed by atoms with Gasteiger partial charge in [0.05, 0.1) is 10.7 Å². The molecule has 4 nitrogen and oxygen atoms in total. The standard InChI is InChI=1S/C9H13NS.C8H5NO2S2/c1-2-3-8-11-9-6-4-5-7-10-9;10-7-6(9-8(11)13-7)4-5-2-1-3-12-5/h4-7H,2-3,8H2,1H3;1-4H,(H,9,11). The topological polar surface area (TPSA) is 59.1 Å². The lowest BCUT2D eigenvalue weighted by Gasteiger charge is -1.96. The molecule has 1 N–H and O–H groups in total. The van der Waals surface area contributed by atoms with E-state index in [4.69, 9.17) is 0 Å². The Labute approximate surface area is 154 Å². The van der Waals surface area contributed by atoms with Gasteiger partial charge in [-0.3, -0.25) is 9.59 Å². The van der Waals surface area contributed by atoms with E-state index in [1.807, 2.05) is 47.6 Å². The first kappa shape index (κ1) is 18.8. The summed E-state index contributed by atoms with van der Waals surface area (Å²) in [7, 11) is 0. The first-order valence-electron chi connectivity index (χ1n) is 7.51. The highest BCUT2D eigenvalue weighted by Crippen LogP contribution is 2.22. The van der Waals surface area contributed by atoms with Gasteiger partial charge in [-0.2, -0.15) is 0 Å². The largest absolute Gasteiger partial charge is 0.313 e. The Morgan fingerprint density at radius 2 is 2.12 bits per heavy atom. The first-order chi connectivity index (χ1) is 11.7. The molecule has 126 valence electrons. The molecule has 24 heavy (non-hydrogen) atoms. The molecule has 1 saturated heterocycles. The van der Waals surface area contributed by atoms with Gasteiger partial charge in [0.25, 0.3) is 5.24 Å². The van der Waals surface area contributed by atoms with Crippen LogP contribution in [-0.2, 0) is 4.79 Å². The van der Waals surface area contributed by atoms with Gasteiger partial charge in [-0.25, -0.2) is 4.98 Å². The molecule has 3 heterocycles. The Bertz CT molecular complexity index is 685. The average Bonchev–Trinajstić information content (AvgIpc) is 3.20. The fraction of sp³-hybridized carbons (Fsp3) is 0.235. The Morgan fingerprint density at radius 1 is 1.25 bits per heavy atom. The van der Waals surface area contributed by atoms with Gasteiger partial charge in [-0.15, -0.1) is 23.1 Å². The van der Waals surface area contributed by atoms with E-state index in [2.05, 4.69) is 23.3 Å². The van der Waals surface area contributed by atoms with E-state index in [1.165, 1.54) is 29.9 Å². The minimum atomic E-state index is -0.298. The minimum Gasteiger partial charge on any atom is -0.313 e. The third kappa shape index (κ3) is 6.51. The number of rotatable bonds is 5. The number of nitrogens with zero attached hydrogens (tertiary/aromatic N) is 1. The van der Waals surface area contributed by atoms with Crippen LogP contribution in [0.4, 0.5) is 4.79 Å². The lowest BCUT2D eigenvalue weighted by atomic mass is 10.3. The summed E-state index contributed by atoms with van der Waals surface area (Å²) in [5.74, 6) is 1.19. The maximum absolute atomic E-state index is 11.1. The van der Waals surface area contributed by atoms with Crippen molar-refractivity contribution in [3.63, 3.8) is 0 Å². The predicted molar refractivity (Wildman–Crippen MR) is 103 cm³/mol. The number of thioether (sulfide) groups is 2. The van der Waals surface area contributed by atoms with Crippen molar-refractivity contribution in [3.05, 3.63) is 52.5 Å². The van der Waals surface area contributed by atoms with Crippen LogP contribution in [-0.4, -0.2) is 21.1 Å². The zero-order valence-electron chi connectivity index (χ0n) is 13.2. The summed E-state index contributed by atoms with van der Waals surface area (Å²) < 4.78 is 0. The number of unbranched alkanes of at least 4 members (excludes halogenated alkanes) is 1. The van der Waals surface area contributed by atoms with Crippen LogP contribution in [0.3, 0.4) is 0 Å². The Morgan fingerprint density at radius 3 is 2.71 bits per heavy atom. The van der Waals surface area contributed by atoms with Crippen LogP contribution in [0, 0.1) is 0 Å². The normalized spacial score (nSPS) is 15.1. The summed E-state index contributed by atoms with van der Waals surface area (Å²) in [5, 5.41) is 5.03. The fourth-order valence-electron chi connectivity index (χ4n) is 1.69. The number of thiophene rings is 1. The molecule has 2 aromatic heterocycles. The van der Waals surface area contributed by atoms with Crippen molar-refractivity contribution in [1.82, 2.24) is 10.3 Å². The second kappa shape index (κ2) is 10.3. The smallest absolute Gasteiger partial charge is 0.291 e. The van der Waals surface area contributed by atoms with Crippen molar-refractivity contribution in [2.75, 3.05) is 5.75 Å². The predicted octanol–water partition coefficient (Wildman–Crippen LogP) is 5.05. The Kier molecular flexibility index (Phi) is 8.07. The van der Waals surface area contributed by atoms with Crippen LogP contribution < -0.4 is 5.32 Å². The SMILES string of the molecule is CCCCSc1ccccn1.O=C1NC(=Cc2cccs2)C(=O)S1. The third-order valence-electron chi connectivity index (χ3n) is 2.86. The zero-order valence-corrected chi connectivity index (χ0v) is 15.7. The van der Waals surface area contributed by atoms with Gasteiger partial charge >= 0.3 is 0 Å². The van der Waals surface area contributed by atoms with E-state index >= 15 is 0 Å². The van der Waals surface area contributed by atoms with Crippen molar-refractivity contribution in [1.29, 1.82) is 0 Å². The summed E-state index contributed by atoms with van der Waals surface area (Å²) in [5.41, 5.74) is 0.373. The van der Waals surface area contributed by atoms with E-state index in [-0.39, 0.29) is 10.4 Å². The maximum Gasteiger partial charge on any atom is 0.291 e. The van der Waals surface area contributed by atoms with Crippen molar-refractivity contribution < 1.29 is 9.59 Å². The number of aromatic nitrogens is 1. The number of nitrogens with one attached hydrogen (secondary N) is 1. The first-order valence-corrected chi connectivity index (χ1v) is 10.2. The van der Waals surface area contributed by atoms with Gasteiger partial charge in [0, 0.05) is 22.8 Å². The van der Waals surface area contributed by atoms with E-state index in [0.717, 1.165) is 9.90 Å². The monoisotopic (exact) mass is 378 g/mol. The van der Waals surface area contributed by atoms with Crippen molar-refractivity contribution in [2.24, 2.45) is 0 Å². The van der Waals surface area contributed by atoms with Crippen LogP contribution in [0.15, 0.2) is 52.6 Å². The van der Waals surface area contributed by atoms with Crippen LogP contribution in [0.25, 0.3) is 6.08 Å².